The number of nitrogens with zero attached hydrogens (tertiary/aromatic N) is 1. The van der Waals surface area contributed by atoms with Gasteiger partial charge in [0, 0.05) is 31.7 Å². The molecule has 2 rings (SSSR count). The lowest BCUT2D eigenvalue weighted by Gasteiger charge is -2.41. The molecule has 2 unspecified atom stereocenters. The van der Waals surface area contributed by atoms with Gasteiger partial charge in [-0.2, -0.15) is 0 Å². The van der Waals surface area contributed by atoms with Crippen molar-refractivity contribution in [3.63, 3.8) is 0 Å². The maximum absolute atomic E-state index is 3.66. The molecule has 0 aromatic carbocycles. The van der Waals surface area contributed by atoms with Gasteiger partial charge in [-0.3, -0.25) is 4.90 Å². The van der Waals surface area contributed by atoms with E-state index in [1.165, 1.54) is 58.2 Å². The van der Waals surface area contributed by atoms with Crippen LogP contribution in [0.25, 0.3) is 0 Å². The van der Waals surface area contributed by atoms with E-state index in [1.54, 1.807) is 0 Å². The second-order valence-corrected chi connectivity index (χ2v) is 6.61. The highest BCUT2D eigenvalue weighted by Gasteiger charge is 2.27. The van der Waals surface area contributed by atoms with E-state index < -0.39 is 0 Å². The van der Waals surface area contributed by atoms with Gasteiger partial charge in [0.25, 0.3) is 0 Å². The SMILES string of the molecule is CCC1CCC(CN2CC(CC)NCC2C)CC1. The van der Waals surface area contributed by atoms with Gasteiger partial charge in [-0.25, -0.2) is 0 Å². The molecule has 2 nitrogen and oxygen atoms in total. The first-order valence-corrected chi connectivity index (χ1v) is 8.20. The van der Waals surface area contributed by atoms with Crippen molar-refractivity contribution in [1.82, 2.24) is 10.2 Å². The summed E-state index contributed by atoms with van der Waals surface area (Å²) in [7, 11) is 0. The molecule has 106 valence electrons. The summed E-state index contributed by atoms with van der Waals surface area (Å²) in [5.74, 6) is 2.01. The van der Waals surface area contributed by atoms with E-state index in [9.17, 15) is 0 Å². The van der Waals surface area contributed by atoms with Crippen molar-refractivity contribution in [3.8, 4) is 0 Å². The molecule has 1 aliphatic carbocycles. The van der Waals surface area contributed by atoms with Crippen LogP contribution in [0.5, 0.6) is 0 Å². The third-order valence-electron chi connectivity index (χ3n) is 5.31. The second-order valence-electron chi connectivity index (χ2n) is 6.61. The van der Waals surface area contributed by atoms with E-state index >= 15 is 0 Å². The minimum Gasteiger partial charge on any atom is -0.311 e. The molecule has 0 spiro atoms. The lowest BCUT2D eigenvalue weighted by molar-refractivity contribution is 0.101. The van der Waals surface area contributed by atoms with Gasteiger partial charge >= 0.3 is 0 Å². The van der Waals surface area contributed by atoms with Gasteiger partial charge in [0.1, 0.15) is 0 Å². The molecule has 0 amide bonds. The molecule has 18 heavy (non-hydrogen) atoms. The number of hydrogen-bond acceptors (Lipinski definition) is 2. The minimum atomic E-state index is 0.730. The number of nitrogens with one attached hydrogen (secondary N) is 1. The monoisotopic (exact) mass is 252 g/mol. The van der Waals surface area contributed by atoms with Crippen LogP contribution < -0.4 is 5.32 Å². The highest BCUT2D eigenvalue weighted by atomic mass is 15.2. The molecule has 2 heteroatoms. The molecular weight excluding hydrogens is 220 g/mol. The van der Waals surface area contributed by atoms with Crippen LogP contribution in [0.3, 0.4) is 0 Å². The Morgan fingerprint density at radius 1 is 1.00 bits per heavy atom. The van der Waals surface area contributed by atoms with E-state index in [1.807, 2.05) is 0 Å². The van der Waals surface area contributed by atoms with E-state index in [2.05, 4.69) is 31.0 Å². The molecule has 0 bridgehead atoms. The fourth-order valence-electron chi connectivity index (χ4n) is 3.68. The van der Waals surface area contributed by atoms with Crippen LogP contribution in [0.15, 0.2) is 0 Å². The van der Waals surface area contributed by atoms with Crippen molar-refractivity contribution >= 4 is 0 Å². The minimum absolute atomic E-state index is 0.730. The van der Waals surface area contributed by atoms with E-state index in [0.717, 1.165) is 23.9 Å². The van der Waals surface area contributed by atoms with Gasteiger partial charge in [0.05, 0.1) is 0 Å². The first-order valence-electron chi connectivity index (χ1n) is 8.20. The predicted octanol–water partition coefficient (Wildman–Crippen LogP) is 3.28. The summed E-state index contributed by atoms with van der Waals surface area (Å²) >= 11 is 0. The third kappa shape index (κ3) is 3.71. The Kier molecular flexibility index (Phi) is 5.50. The molecule has 1 N–H and O–H groups in total. The van der Waals surface area contributed by atoms with Crippen molar-refractivity contribution in [2.45, 2.75) is 71.4 Å². The molecule has 0 aromatic heterocycles. The van der Waals surface area contributed by atoms with Gasteiger partial charge in [0.15, 0.2) is 0 Å². The van der Waals surface area contributed by atoms with Crippen molar-refractivity contribution < 1.29 is 0 Å². The molecule has 2 fully saturated rings. The summed E-state index contributed by atoms with van der Waals surface area (Å²) in [6.45, 7) is 10.9. The van der Waals surface area contributed by atoms with Crippen molar-refractivity contribution in [3.05, 3.63) is 0 Å². The molecule has 2 atom stereocenters. The van der Waals surface area contributed by atoms with Crippen LogP contribution in [-0.4, -0.2) is 36.6 Å². The van der Waals surface area contributed by atoms with Crippen molar-refractivity contribution in [2.24, 2.45) is 11.8 Å². The quantitative estimate of drug-likeness (QED) is 0.826. The molecule has 1 aliphatic heterocycles. The molecular formula is C16H32N2. The lowest BCUT2D eigenvalue weighted by atomic mass is 9.80. The Balaban J connectivity index is 1.77. The predicted molar refractivity (Wildman–Crippen MR) is 78.9 cm³/mol. The average molecular weight is 252 g/mol. The summed E-state index contributed by atoms with van der Waals surface area (Å²) < 4.78 is 0. The Labute approximate surface area is 114 Å². The van der Waals surface area contributed by atoms with E-state index in [4.69, 9.17) is 0 Å². The highest BCUT2D eigenvalue weighted by molar-refractivity contribution is 4.85. The zero-order valence-corrected chi connectivity index (χ0v) is 12.6. The first-order chi connectivity index (χ1) is 8.72. The Morgan fingerprint density at radius 2 is 1.67 bits per heavy atom. The van der Waals surface area contributed by atoms with Gasteiger partial charge in [-0.05, 0) is 38.0 Å². The topological polar surface area (TPSA) is 15.3 Å². The molecule has 1 saturated heterocycles. The number of hydrogen-bond donors (Lipinski definition) is 1. The Morgan fingerprint density at radius 3 is 2.28 bits per heavy atom. The van der Waals surface area contributed by atoms with E-state index in [0.29, 0.717) is 0 Å². The summed E-state index contributed by atoms with van der Waals surface area (Å²) in [5.41, 5.74) is 0. The van der Waals surface area contributed by atoms with Crippen LogP contribution >= 0.6 is 0 Å². The largest absolute Gasteiger partial charge is 0.311 e. The number of piperazine rings is 1. The van der Waals surface area contributed by atoms with Gasteiger partial charge in [-0.1, -0.05) is 33.1 Å². The smallest absolute Gasteiger partial charge is 0.0193 e. The van der Waals surface area contributed by atoms with Crippen LogP contribution in [0, 0.1) is 11.8 Å². The average Bonchev–Trinajstić information content (AvgIpc) is 2.42. The molecule has 1 saturated carbocycles. The standard InChI is InChI=1S/C16H32N2/c1-4-14-6-8-15(9-7-14)11-18-12-16(5-2)17-10-13(18)3/h13-17H,4-12H2,1-3H3. The molecule has 1 heterocycles. The fourth-order valence-corrected chi connectivity index (χ4v) is 3.68. The van der Waals surface area contributed by atoms with Gasteiger partial charge < -0.3 is 5.32 Å². The summed E-state index contributed by atoms with van der Waals surface area (Å²) in [4.78, 5) is 2.75. The van der Waals surface area contributed by atoms with Gasteiger partial charge in [0.2, 0.25) is 0 Å². The Bertz CT molecular complexity index is 233. The maximum atomic E-state index is 3.66. The summed E-state index contributed by atoms with van der Waals surface area (Å²) in [6.07, 6.45) is 8.59. The van der Waals surface area contributed by atoms with Crippen LogP contribution in [0.4, 0.5) is 0 Å². The second kappa shape index (κ2) is 6.91. The van der Waals surface area contributed by atoms with Crippen LogP contribution in [0.2, 0.25) is 0 Å². The third-order valence-corrected chi connectivity index (χ3v) is 5.31. The lowest BCUT2D eigenvalue weighted by Crippen LogP contribution is -2.56. The fraction of sp³-hybridized carbons (Fsp3) is 1.00. The number of rotatable bonds is 4. The summed E-state index contributed by atoms with van der Waals surface area (Å²) in [6, 6.07) is 1.46. The zero-order valence-electron chi connectivity index (χ0n) is 12.6. The van der Waals surface area contributed by atoms with Gasteiger partial charge in [-0.15, -0.1) is 0 Å². The first kappa shape index (κ1) is 14.3. The van der Waals surface area contributed by atoms with Crippen LogP contribution in [-0.2, 0) is 0 Å². The van der Waals surface area contributed by atoms with Crippen molar-refractivity contribution in [2.75, 3.05) is 19.6 Å². The Hall–Kier alpha value is -0.0800. The van der Waals surface area contributed by atoms with E-state index in [-0.39, 0.29) is 0 Å². The molecule has 2 aliphatic rings. The van der Waals surface area contributed by atoms with Crippen LogP contribution in [0.1, 0.15) is 59.3 Å². The highest BCUT2D eigenvalue weighted by Crippen LogP contribution is 2.31. The molecule has 0 aromatic rings. The normalized spacial score (nSPS) is 38.8. The maximum Gasteiger partial charge on any atom is 0.0193 e. The summed E-state index contributed by atoms with van der Waals surface area (Å²) in [5, 5.41) is 3.66. The molecule has 0 radical (unpaired) electrons. The van der Waals surface area contributed by atoms with Crippen molar-refractivity contribution in [1.29, 1.82) is 0 Å². The zero-order chi connectivity index (χ0) is 13.0.